The van der Waals surface area contributed by atoms with Crippen LogP contribution in [0.3, 0.4) is 0 Å². The normalized spacial score (nSPS) is 16.2. The van der Waals surface area contributed by atoms with E-state index in [0.29, 0.717) is 12.0 Å². The number of aliphatic hydroxyl groups is 1. The molecule has 0 saturated carbocycles. The highest BCUT2D eigenvalue weighted by Gasteiger charge is 2.09. The van der Waals surface area contributed by atoms with Crippen LogP contribution in [-0.2, 0) is 4.74 Å². The molecular weight excluding hydrogens is 164 g/mol. The zero-order valence-corrected chi connectivity index (χ0v) is 9.42. The molecule has 0 amide bonds. The van der Waals surface area contributed by atoms with Gasteiger partial charge < -0.3 is 9.84 Å². The summed E-state index contributed by atoms with van der Waals surface area (Å²) in [6, 6.07) is 0. The molecule has 0 aliphatic heterocycles. The van der Waals surface area contributed by atoms with E-state index in [1.165, 1.54) is 0 Å². The van der Waals surface area contributed by atoms with Gasteiger partial charge in [0.25, 0.3) is 0 Å². The molecule has 0 aliphatic rings. The zero-order chi connectivity index (χ0) is 10.3. The third-order valence-electron chi connectivity index (χ3n) is 2.66. The Balaban J connectivity index is 3.43. The summed E-state index contributed by atoms with van der Waals surface area (Å²) < 4.78 is 5.65. The lowest BCUT2D eigenvalue weighted by atomic mass is 10.0. The standard InChI is InChI=1S/C11H24O2/c1-5-11(6-2)13-8-7-9(3)10(4)12/h9-12H,5-8H2,1-4H3. The van der Waals surface area contributed by atoms with Crippen molar-refractivity contribution >= 4 is 0 Å². The lowest BCUT2D eigenvalue weighted by molar-refractivity contribution is 0.0275. The highest BCUT2D eigenvalue weighted by atomic mass is 16.5. The van der Waals surface area contributed by atoms with Gasteiger partial charge in [0.05, 0.1) is 12.2 Å². The summed E-state index contributed by atoms with van der Waals surface area (Å²) in [5.41, 5.74) is 0. The van der Waals surface area contributed by atoms with E-state index in [4.69, 9.17) is 4.74 Å². The van der Waals surface area contributed by atoms with Crippen molar-refractivity contribution in [2.24, 2.45) is 5.92 Å². The van der Waals surface area contributed by atoms with Crippen LogP contribution in [0.5, 0.6) is 0 Å². The Labute approximate surface area is 82.3 Å². The van der Waals surface area contributed by atoms with Crippen molar-refractivity contribution < 1.29 is 9.84 Å². The third kappa shape index (κ3) is 6.05. The topological polar surface area (TPSA) is 29.5 Å². The first-order valence-corrected chi connectivity index (χ1v) is 5.41. The second-order valence-corrected chi connectivity index (χ2v) is 3.82. The van der Waals surface area contributed by atoms with Crippen molar-refractivity contribution in [3.8, 4) is 0 Å². The van der Waals surface area contributed by atoms with Crippen LogP contribution in [-0.4, -0.2) is 23.9 Å². The molecule has 0 aliphatic carbocycles. The van der Waals surface area contributed by atoms with E-state index in [9.17, 15) is 5.11 Å². The minimum atomic E-state index is -0.217. The molecule has 0 rings (SSSR count). The number of rotatable bonds is 7. The molecule has 0 aromatic carbocycles. The summed E-state index contributed by atoms with van der Waals surface area (Å²) in [6.07, 6.45) is 3.30. The SMILES string of the molecule is CCC(CC)OCCC(C)C(C)O. The van der Waals surface area contributed by atoms with Crippen LogP contribution in [0.15, 0.2) is 0 Å². The average Bonchev–Trinajstić information content (AvgIpc) is 2.12. The third-order valence-corrected chi connectivity index (χ3v) is 2.66. The second-order valence-electron chi connectivity index (χ2n) is 3.82. The summed E-state index contributed by atoms with van der Waals surface area (Å²) in [6.45, 7) is 8.96. The highest BCUT2D eigenvalue weighted by molar-refractivity contribution is 4.59. The smallest absolute Gasteiger partial charge is 0.0569 e. The van der Waals surface area contributed by atoms with Gasteiger partial charge in [-0.25, -0.2) is 0 Å². The number of ether oxygens (including phenoxy) is 1. The van der Waals surface area contributed by atoms with Crippen molar-refractivity contribution in [3.05, 3.63) is 0 Å². The summed E-state index contributed by atoms with van der Waals surface area (Å²) in [4.78, 5) is 0. The maximum atomic E-state index is 9.24. The van der Waals surface area contributed by atoms with Gasteiger partial charge >= 0.3 is 0 Å². The largest absolute Gasteiger partial charge is 0.393 e. The van der Waals surface area contributed by atoms with Gasteiger partial charge in [-0.3, -0.25) is 0 Å². The van der Waals surface area contributed by atoms with Gasteiger partial charge in [0.2, 0.25) is 0 Å². The molecule has 13 heavy (non-hydrogen) atoms. The molecule has 0 radical (unpaired) electrons. The van der Waals surface area contributed by atoms with E-state index >= 15 is 0 Å². The molecular formula is C11H24O2. The Morgan fingerprint density at radius 2 is 1.69 bits per heavy atom. The summed E-state index contributed by atoms with van der Waals surface area (Å²) in [7, 11) is 0. The average molecular weight is 188 g/mol. The molecule has 1 N–H and O–H groups in total. The van der Waals surface area contributed by atoms with Crippen LogP contribution in [0.25, 0.3) is 0 Å². The Bertz CT molecular complexity index is 107. The van der Waals surface area contributed by atoms with E-state index in [1.54, 1.807) is 0 Å². The van der Waals surface area contributed by atoms with Gasteiger partial charge in [-0.1, -0.05) is 20.8 Å². The quantitative estimate of drug-likeness (QED) is 0.665. The van der Waals surface area contributed by atoms with E-state index in [-0.39, 0.29) is 6.10 Å². The fraction of sp³-hybridized carbons (Fsp3) is 1.00. The Morgan fingerprint density at radius 3 is 2.08 bits per heavy atom. The van der Waals surface area contributed by atoms with E-state index in [1.807, 2.05) is 6.92 Å². The summed E-state index contributed by atoms with van der Waals surface area (Å²) in [5.74, 6) is 0.342. The molecule has 0 fully saturated rings. The van der Waals surface area contributed by atoms with E-state index in [2.05, 4.69) is 20.8 Å². The first-order chi connectivity index (χ1) is 6.11. The van der Waals surface area contributed by atoms with Crippen LogP contribution in [0.2, 0.25) is 0 Å². The lowest BCUT2D eigenvalue weighted by Crippen LogP contribution is -2.18. The van der Waals surface area contributed by atoms with Crippen molar-refractivity contribution in [3.63, 3.8) is 0 Å². The molecule has 0 spiro atoms. The zero-order valence-electron chi connectivity index (χ0n) is 9.42. The van der Waals surface area contributed by atoms with E-state index < -0.39 is 0 Å². The van der Waals surface area contributed by atoms with Crippen molar-refractivity contribution in [1.29, 1.82) is 0 Å². The van der Waals surface area contributed by atoms with Crippen LogP contribution in [0, 0.1) is 5.92 Å². The van der Waals surface area contributed by atoms with Crippen LogP contribution >= 0.6 is 0 Å². The molecule has 0 saturated heterocycles. The van der Waals surface area contributed by atoms with Crippen molar-refractivity contribution in [2.75, 3.05) is 6.61 Å². The predicted molar refractivity (Wildman–Crippen MR) is 55.8 cm³/mol. The summed E-state index contributed by atoms with van der Waals surface area (Å²) in [5, 5.41) is 9.24. The molecule has 0 aromatic rings. The maximum Gasteiger partial charge on any atom is 0.0569 e. The minimum absolute atomic E-state index is 0.217. The highest BCUT2D eigenvalue weighted by Crippen LogP contribution is 2.10. The Kier molecular flexibility index (Phi) is 7.29. The Hall–Kier alpha value is -0.0800. The molecule has 80 valence electrons. The van der Waals surface area contributed by atoms with Crippen LogP contribution < -0.4 is 0 Å². The molecule has 0 bridgehead atoms. The van der Waals surface area contributed by atoms with Crippen molar-refractivity contribution in [2.45, 2.75) is 59.2 Å². The first-order valence-electron chi connectivity index (χ1n) is 5.41. The van der Waals surface area contributed by atoms with Gasteiger partial charge in [0, 0.05) is 6.61 Å². The number of aliphatic hydroxyl groups excluding tert-OH is 1. The second kappa shape index (κ2) is 7.34. The lowest BCUT2D eigenvalue weighted by Gasteiger charge is -2.17. The van der Waals surface area contributed by atoms with Gasteiger partial charge in [-0.15, -0.1) is 0 Å². The van der Waals surface area contributed by atoms with Gasteiger partial charge in [-0.2, -0.15) is 0 Å². The molecule has 0 heterocycles. The van der Waals surface area contributed by atoms with Gasteiger partial charge in [0.1, 0.15) is 0 Å². The van der Waals surface area contributed by atoms with Crippen molar-refractivity contribution in [1.82, 2.24) is 0 Å². The van der Waals surface area contributed by atoms with Gasteiger partial charge in [0.15, 0.2) is 0 Å². The first kappa shape index (κ1) is 12.9. The Morgan fingerprint density at radius 1 is 1.15 bits per heavy atom. The van der Waals surface area contributed by atoms with E-state index in [0.717, 1.165) is 25.9 Å². The fourth-order valence-corrected chi connectivity index (χ4v) is 1.19. The predicted octanol–water partition coefficient (Wildman–Crippen LogP) is 2.60. The van der Waals surface area contributed by atoms with Crippen LogP contribution in [0.1, 0.15) is 47.0 Å². The molecule has 2 nitrogen and oxygen atoms in total. The monoisotopic (exact) mass is 188 g/mol. The molecule has 2 heteroatoms. The molecule has 0 aromatic heterocycles. The number of hydrogen-bond acceptors (Lipinski definition) is 2. The minimum Gasteiger partial charge on any atom is -0.393 e. The fourth-order valence-electron chi connectivity index (χ4n) is 1.19. The maximum absolute atomic E-state index is 9.24. The van der Waals surface area contributed by atoms with Crippen LogP contribution in [0.4, 0.5) is 0 Å². The molecule has 2 unspecified atom stereocenters. The number of hydrogen-bond donors (Lipinski definition) is 1. The summed E-state index contributed by atoms with van der Waals surface area (Å²) >= 11 is 0. The van der Waals surface area contributed by atoms with Gasteiger partial charge in [-0.05, 0) is 32.1 Å². The molecule has 2 atom stereocenters.